The van der Waals surface area contributed by atoms with Crippen LogP contribution < -0.4 is 0 Å². The first-order chi connectivity index (χ1) is 9.58. The lowest BCUT2D eigenvalue weighted by atomic mass is 9.99. The number of likely N-dealkylation sites (tertiary alicyclic amines) is 1. The van der Waals surface area contributed by atoms with Crippen LogP contribution in [0.2, 0.25) is 0 Å². The highest BCUT2D eigenvalue weighted by Crippen LogP contribution is 2.26. The van der Waals surface area contributed by atoms with Crippen LogP contribution in [0, 0.1) is 11.7 Å². The highest BCUT2D eigenvalue weighted by molar-refractivity contribution is 5.98. The average molecular weight is 274 g/mol. The molecule has 2 aliphatic heterocycles. The summed E-state index contributed by atoms with van der Waals surface area (Å²) in [6, 6.07) is 4.27. The molecule has 2 aliphatic rings. The van der Waals surface area contributed by atoms with E-state index in [9.17, 15) is 14.0 Å². The molecule has 1 aromatic carbocycles. The smallest absolute Gasteiger partial charge is 0.254 e. The van der Waals surface area contributed by atoms with E-state index in [2.05, 4.69) is 6.58 Å². The molecule has 1 saturated heterocycles. The van der Waals surface area contributed by atoms with Crippen molar-refractivity contribution in [3.05, 3.63) is 47.8 Å². The molecule has 104 valence electrons. The summed E-state index contributed by atoms with van der Waals surface area (Å²) in [6.07, 6.45) is 1.30. The number of hydrogen-bond acceptors (Lipinski definition) is 2. The van der Waals surface area contributed by atoms with Gasteiger partial charge in [0, 0.05) is 37.7 Å². The van der Waals surface area contributed by atoms with Gasteiger partial charge in [-0.15, -0.1) is 0 Å². The fraction of sp³-hybridized carbons (Fsp3) is 0.333. The van der Waals surface area contributed by atoms with Crippen LogP contribution >= 0.6 is 0 Å². The first kappa shape index (κ1) is 12.8. The molecule has 0 unspecified atom stereocenters. The van der Waals surface area contributed by atoms with Crippen molar-refractivity contribution < 1.29 is 14.0 Å². The number of hydrogen-bond donors (Lipinski definition) is 0. The largest absolute Gasteiger partial charge is 0.338 e. The third-order valence-electron chi connectivity index (χ3n) is 3.87. The number of fused-ring (bicyclic) bond motifs is 1. The molecular weight excluding hydrogens is 259 g/mol. The molecule has 1 fully saturated rings. The predicted molar refractivity (Wildman–Crippen MR) is 71.4 cm³/mol. The molecule has 4 nitrogen and oxygen atoms in total. The molecule has 2 heterocycles. The van der Waals surface area contributed by atoms with E-state index in [1.807, 2.05) is 0 Å². The molecule has 20 heavy (non-hydrogen) atoms. The van der Waals surface area contributed by atoms with Crippen LogP contribution in [0.5, 0.6) is 0 Å². The van der Waals surface area contributed by atoms with Crippen molar-refractivity contribution in [1.82, 2.24) is 9.80 Å². The van der Waals surface area contributed by atoms with Crippen LogP contribution in [0.25, 0.3) is 0 Å². The average Bonchev–Trinajstić information content (AvgIpc) is 2.68. The number of carbonyl (C=O) groups excluding carboxylic acids is 2. The van der Waals surface area contributed by atoms with Crippen LogP contribution in [0.1, 0.15) is 15.9 Å². The molecule has 5 heteroatoms. The highest BCUT2D eigenvalue weighted by atomic mass is 19.1. The van der Waals surface area contributed by atoms with E-state index in [1.165, 1.54) is 18.2 Å². The standard InChI is InChI=1S/C15H15FN2O2/c1-2-14(19)17-6-10(7-17)8-18-9-11-5-12(16)3-4-13(11)15(18)20/h2-5,10H,1,6-9H2. The SMILES string of the molecule is C=CC(=O)N1CC(CN2Cc3cc(F)ccc3C2=O)C1. The number of rotatable bonds is 3. The highest BCUT2D eigenvalue weighted by Gasteiger charge is 2.35. The Balaban J connectivity index is 1.61. The van der Waals surface area contributed by atoms with Crippen LogP contribution in [0.15, 0.2) is 30.9 Å². The Kier molecular flexibility index (Phi) is 3.04. The number of carbonyl (C=O) groups is 2. The Morgan fingerprint density at radius 1 is 1.45 bits per heavy atom. The first-order valence-electron chi connectivity index (χ1n) is 6.57. The van der Waals surface area contributed by atoms with Gasteiger partial charge in [0.1, 0.15) is 5.82 Å². The van der Waals surface area contributed by atoms with Gasteiger partial charge in [0.05, 0.1) is 0 Å². The van der Waals surface area contributed by atoms with E-state index in [1.54, 1.807) is 15.9 Å². The number of amides is 2. The summed E-state index contributed by atoms with van der Waals surface area (Å²) < 4.78 is 13.2. The van der Waals surface area contributed by atoms with Gasteiger partial charge in [-0.2, -0.15) is 0 Å². The molecule has 3 rings (SSSR count). The summed E-state index contributed by atoms with van der Waals surface area (Å²) in [5.41, 5.74) is 1.33. The second-order valence-corrected chi connectivity index (χ2v) is 5.30. The number of nitrogens with zero attached hydrogens (tertiary/aromatic N) is 2. The van der Waals surface area contributed by atoms with Crippen LogP contribution in [-0.4, -0.2) is 41.2 Å². The first-order valence-corrected chi connectivity index (χ1v) is 6.57. The second-order valence-electron chi connectivity index (χ2n) is 5.30. The van der Waals surface area contributed by atoms with E-state index in [0.29, 0.717) is 37.7 Å². The molecule has 2 amide bonds. The van der Waals surface area contributed by atoms with Gasteiger partial charge in [0.15, 0.2) is 0 Å². The fourth-order valence-corrected chi connectivity index (χ4v) is 2.80. The van der Waals surface area contributed by atoms with E-state index >= 15 is 0 Å². The van der Waals surface area contributed by atoms with Gasteiger partial charge < -0.3 is 9.80 Å². The third kappa shape index (κ3) is 2.09. The Labute approximate surface area is 116 Å². The van der Waals surface area contributed by atoms with Crippen molar-refractivity contribution in [3.63, 3.8) is 0 Å². The van der Waals surface area contributed by atoms with Crippen molar-refractivity contribution in [3.8, 4) is 0 Å². The maximum atomic E-state index is 13.2. The minimum Gasteiger partial charge on any atom is -0.338 e. The van der Waals surface area contributed by atoms with Gasteiger partial charge in [-0.1, -0.05) is 6.58 Å². The van der Waals surface area contributed by atoms with E-state index < -0.39 is 0 Å². The predicted octanol–water partition coefficient (Wildman–Crippen LogP) is 1.43. The van der Waals surface area contributed by atoms with Gasteiger partial charge in [0.25, 0.3) is 5.91 Å². The van der Waals surface area contributed by atoms with Crippen molar-refractivity contribution in [2.75, 3.05) is 19.6 Å². The van der Waals surface area contributed by atoms with Gasteiger partial charge in [-0.05, 0) is 29.8 Å². The molecule has 0 N–H and O–H groups in total. The number of halogens is 1. The minimum atomic E-state index is -0.315. The van der Waals surface area contributed by atoms with Crippen molar-refractivity contribution in [2.24, 2.45) is 5.92 Å². The molecule has 0 radical (unpaired) electrons. The summed E-state index contributed by atoms with van der Waals surface area (Å²) >= 11 is 0. The molecule has 0 aromatic heterocycles. The normalized spacial score (nSPS) is 17.9. The van der Waals surface area contributed by atoms with Crippen LogP contribution in [0.4, 0.5) is 4.39 Å². The van der Waals surface area contributed by atoms with Gasteiger partial charge >= 0.3 is 0 Å². The Morgan fingerprint density at radius 2 is 2.20 bits per heavy atom. The maximum Gasteiger partial charge on any atom is 0.254 e. The summed E-state index contributed by atoms with van der Waals surface area (Å²) in [7, 11) is 0. The lowest BCUT2D eigenvalue weighted by Gasteiger charge is -2.40. The second kappa shape index (κ2) is 4.74. The Morgan fingerprint density at radius 3 is 2.90 bits per heavy atom. The fourth-order valence-electron chi connectivity index (χ4n) is 2.80. The molecular formula is C15H15FN2O2. The summed E-state index contributed by atoms with van der Waals surface area (Å²) in [4.78, 5) is 26.9. The molecule has 0 saturated carbocycles. The molecule has 1 aromatic rings. The zero-order chi connectivity index (χ0) is 14.3. The molecule has 0 atom stereocenters. The van der Waals surface area contributed by atoms with Gasteiger partial charge in [-0.3, -0.25) is 9.59 Å². The van der Waals surface area contributed by atoms with Crippen molar-refractivity contribution in [1.29, 1.82) is 0 Å². The maximum absolute atomic E-state index is 13.2. The Hall–Kier alpha value is -2.17. The van der Waals surface area contributed by atoms with Crippen LogP contribution in [-0.2, 0) is 11.3 Å². The number of benzene rings is 1. The lowest BCUT2D eigenvalue weighted by molar-refractivity contribution is -0.132. The molecule has 0 aliphatic carbocycles. The lowest BCUT2D eigenvalue weighted by Crippen LogP contribution is -2.53. The minimum absolute atomic E-state index is 0.0477. The third-order valence-corrected chi connectivity index (χ3v) is 3.87. The quantitative estimate of drug-likeness (QED) is 0.782. The summed E-state index contributed by atoms with van der Waals surface area (Å²) in [5.74, 6) is -0.139. The van der Waals surface area contributed by atoms with Crippen molar-refractivity contribution in [2.45, 2.75) is 6.54 Å². The van der Waals surface area contributed by atoms with Gasteiger partial charge in [0.2, 0.25) is 5.91 Å². The van der Waals surface area contributed by atoms with Gasteiger partial charge in [-0.25, -0.2) is 4.39 Å². The van der Waals surface area contributed by atoms with E-state index in [4.69, 9.17) is 0 Å². The van der Waals surface area contributed by atoms with Crippen molar-refractivity contribution >= 4 is 11.8 Å². The monoisotopic (exact) mass is 274 g/mol. The van der Waals surface area contributed by atoms with E-state index in [0.717, 1.165) is 5.56 Å². The molecule has 0 spiro atoms. The zero-order valence-corrected chi connectivity index (χ0v) is 11.0. The molecule has 0 bridgehead atoms. The zero-order valence-electron chi connectivity index (χ0n) is 11.0. The summed E-state index contributed by atoms with van der Waals surface area (Å²) in [6.45, 7) is 5.82. The van der Waals surface area contributed by atoms with E-state index in [-0.39, 0.29) is 17.6 Å². The topological polar surface area (TPSA) is 40.6 Å². The summed E-state index contributed by atoms with van der Waals surface area (Å²) in [5, 5.41) is 0. The Bertz CT molecular complexity index is 594. The van der Waals surface area contributed by atoms with Crippen LogP contribution in [0.3, 0.4) is 0 Å².